The maximum absolute atomic E-state index is 13.5. The first-order chi connectivity index (χ1) is 20.9. The molecule has 2 fully saturated rings. The first-order valence-corrected chi connectivity index (χ1v) is 15.3. The zero-order valence-electron chi connectivity index (χ0n) is 26.2. The number of anilines is 1. The summed E-state index contributed by atoms with van der Waals surface area (Å²) in [5.41, 5.74) is 1.68. The first kappa shape index (κ1) is 31.2. The number of amides is 3. The Balaban J connectivity index is 1.29. The fourth-order valence-electron chi connectivity index (χ4n) is 7.15. The third kappa shape index (κ3) is 5.67. The normalized spacial score (nSPS) is 22.2. The molecule has 11 nitrogen and oxygen atoms in total. The van der Waals surface area contributed by atoms with Gasteiger partial charge in [0.1, 0.15) is 5.75 Å². The summed E-state index contributed by atoms with van der Waals surface area (Å²) in [6.07, 6.45) is 2.96. The summed E-state index contributed by atoms with van der Waals surface area (Å²) in [4.78, 5) is 56.2. The number of ether oxygens (including phenoxy) is 1. The number of H-pyrrole nitrogens is 1. The van der Waals surface area contributed by atoms with Crippen molar-refractivity contribution in [3.8, 4) is 5.75 Å². The molecule has 1 unspecified atom stereocenters. The van der Waals surface area contributed by atoms with Crippen LogP contribution < -0.4 is 21.1 Å². The average molecular weight is 606 g/mol. The standard InChI is InChI=1S/C33H43N5O6/c1-20-10-13-22(18-26(20)44-5)35-28(39)21-11-14-23(15-12-21)38-25-9-6-8-24(27(25)36-30(38)41)29(40)34-19-33(32(2,3)4)16-7-17-37(33)31(42)43/h6,8-10,13,18,21,23H,7,11-12,14-17,19H2,1-5H3,(H,34,40)(H,35,39)(H,36,41)(H,42,43). The molecule has 0 radical (unpaired) electrons. The van der Waals surface area contributed by atoms with Crippen molar-refractivity contribution in [1.29, 1.82) is 0 Å². The van der Waals surface area contributed by atoms with Crippen molar-refractivity contribution in [3.05, 3.63) is 58.0 Å². The van der Waals surface area contributed by atoms with Gasteiger partial charge in [0.2, 0.25) is 5.91 Å². The monoisotopic (exact) mass is 605 g/mol. The minimum absolute atomic E-state index is 0.0451. The number of hydrogen-bond donors (Lipinski definition) is 4. The number of rotatable bonds is 7. The van der Waals surface area contributed by atoms with Gasteiger partial charge in [-0.1, -0.05) is 32.9 Å². The second-order valence-corrected chi connectivity index (χ2v) is 13.2. The van der Waals surface area contributed by atoms with E-state index in [2.05, 4.69) is 15.6 Å². The SMILES string of the molecule is COc1cc(NC(=O)C2CCC(n3c(=O)[nH]c4c(C(=O)NCC5(C(C)(C)C)CCCN5C(=O)O)cccc43)CC2)ccc1C. The van der Waals surface area contributed by atoms with Crippen LogP contribution in [-0.2, 0) is 4.79 Å². The molecule has 5 rings (SSSR count). The number of methoxy groups -OCH3 is 1. The summed E-state index contributed by atoms with van der Waals surface area (Å²) in [5, 5.41) is 15.9. The molecule has 3 amide bonds. The molecular formula is C33H43N5O6. The number of nitrogens with one attached hydrogen (secondary N) is 3. The molecule has 1 atom stereocenters. The lowest BCUT2D eigenvalue weighted by atomic mass is 9.71. The lowest BCUT2D eigenvalue weighted by Gasteiger charge is -2.47. The molecule has 0 spiro atoms. The molecule has 1 aromatic heterocycles. The van der Waals surface area contributed by atoms with Gasteiger partial charge in [0.15, 0.2) is 0 Å². The number of hydrogen-bond acceptors (Lipinski definition) is 5. The minimum Gasteiger partial charge on any atom is -0.496 e. The number of imidazole rings is 1. The third-order valence-corrected chi connectivity index (χ3v) is 9.76. The van der Waals surface area contributed by atoms with Crippen molar-refractivity contribution >= 4 is 34.6 Å². The topological polar surface area (TPSA) is 146 Å². The van der Waals surface area contributed by atoms with Crippen LogP contribution in [0.25, 0.3) is 11.0 Å². The van der Waals surface area contributed by atoms with Crippen molar-refractivity contribution in [2.24, 2.45) is 11.3 Å². The fraction of sp³-hybridized carbons (Fsp3) is 0.515. The molecule has 0 bridgehead atoms. The fourth-order valence-corrected chi connectivity index (χ4v) is 7.15. The smallest absolute Gasteiger partial charge is 0.407 e. The summed E-state index contributed by atoms with van der Waals surface area (Å²) in [5.74, 6) is 0.138. The van der Waals surface area contributed by atoms with Crippen LogP contribution in [0.1, 0.15) is 81.3 Å². The van der Waals surface area contributed by atoms with E-state index >= 15 is 0 Å². The number of carboxylic acid groups (broad SMARTS) is 1. The summed E-state index contributed by atoms with van der Waals surface area (Å²) in [7, 11) is 1.60. The van der Waals surface area contributed by atoms with Crippen LogP contribution in [0.5, 0.6) is 5.75 Å². The lowest BCUT2D eigenvalue weighted by Crippen LogP contribution is -2.61. The highest BCUT2D eigenvalue weighted by atomic mass is 16.5. The number of benzene rings is 2. The quantitative estimate of drug-likeness (QED) is 0.287. The van der Waals surface area contributed by atoms with Crippen LogP contribution in [0, 0.1) is 18.3 Å². The molecule has 2 aromatic carbocycles. The summed E-state index contributed by atoms with van der Waals surface area (Å²) >= 11 is 0. The van der Waals surface area contributed by atoms with Crippen LogP contribution >= 0.6 is 0 Å². The van der Waals surface area contributed by atoms with E-state index in [0.717, 1.165) is 12.0 Å². The highest BCUT2D eigenvalue weighted by molar-refractivity contribution is 6.05. The van der Waals surface area contributed by atoms with Gasteiger partial charge >= 0.3 is 11.8 Å². The van der Waals surface area contributed by atoms with Gasteiger partial charge in [0.25, 0.3) is 5.91 Å². The molecule has 1 aliphatic heterocycles. The van der Waals surface area contributed by atoms with Crippen molar-refractivity contribution in [1.82, 2.24) is 19.8 Å². The predicted molar refractivity (Wildman–Crippen MR) is 168 cm³/mol. The van der Waals surface area contributed by atoms with E-state index in [1.165, 1.54) is 4.90 Å². The zero-order valence-corrected chi connectivity index (χ0v) is 26.2. The van der Waals surface area contributed by atoms with E-state index in [9.17, 15) is 24.3 Å². The lowest BCUT2D eigenvalue weighted by molar-refractivity contribution is -0.121. The van der Waals surface area contributed by atoms with E-state index in [-0.39, 0.29) is 36.0 Å². The number of para-hydroxylation sites is 1. The van der Waals surface area contributed by atoms with Gasteiger partial charge in [0.05, 0.1) is 29.2 Å². The number of carbonyl (C=O) groups excluding carboxylic acids is 2. The molecule has 11 heteroatoms. The Morgan fingerprint density at radius 1 is 1.11 bits per heavy atom. The van der Waals surface area contributed by atoms with Gasteiger partial charge < -0.3 is 30.4 Å². The van der Waals surface area contributed by atoms with Crippen LogP contribution in [0.4, 0.5) is 10.5 Å². The van der Waals surface area contributed by atoms with E-state index in [1.54, 1.807) is 23.8 Å². The molecule has 1 aliphatic carbocycles. The second-order valence-electron chi connectivity index (χ2n) is 13.2. The number of nitrogens with zero attached hydrogens (tertiary/aromatic N) is 2. The first-order valence-electron chi connectivity index (χ1n) is 15.3. The van der Waals surface area contributed by atoms with E-state index in [1.807, 2.05) is 52.0 Å². The Labute approximate surface area is 257 Å². The molecule has 3 aromatic rings. The summed E-state index contributed by atoms with van der Waals surface area (Å²) < 4.78 is 7.08. The number of likely N-dealkylation sites (tertiary alicyclic amines) is 1. The number of aryl methyl sites for hydroxylation is 1. The summed E-state index contributed by atoms with van der Waals surface area (Å²) in [6, 6.07) is 10.7. The third-order valence-electron chi connectivity index (χ3n) is 9.76. The second kappa shape index (κ2) is 12.0. The molecule has 2 heterocycles. The molecule has 44 heavy (non-hydrogen) atoms. The Kier molecular flexibility index (Phi) is 8.51. The number of aromatic nitrogens is 2. The molecule has 1 saturated carbocycles. The maximum atomic E-state index is 13.5. The Bertz CT molecular complexity index is 1630. The molecule has 1 saturated heterocycles. The van der Waals surface area contributed by atoms with Crippen molar-refractivity contribution < 1.29 is 24.2 Å². The minimum atomic E-state index is -0.988. The van der Waals surface area contributed by atoms with Crippen molar-refractivity contribution in [2.75, 3.05) is 25.5 Å². The van der Waals surface area contributed by atoms with Crippen LogP contribution in [0.3, 0.4) is 0 Å². The highest BCUT2D eigenvalue weighted by Gasteiger charge is 2.52. The van der Waals surface area contributed by atoms with Gasteiger partial charge in [-0.15, -0.1) is 0 Å². The van der Waals surface area contributed by atoms with Gasteiger partial charge in [0, 0.05) is 36.8 Å². The number of carbonyl (C=O) groups is 3. The number of aromatic amines is 1. The van der Waals surface area contributed by atoms with Gasteiger partial charge in [-0.25, -0.2) is 9.59 Å². The zero-order chi connectivity index (χ0) is 31.8. The Hall–Kier alpha value is -4.28. The van der Waals surface area contributed by atoms with Crippen molar-refractivity contribution in [2.45, 2.75) is 77.8 Å². The molecule has 236 valence electrons. The van der Waals surface area contributed by atoms with Gasteiger partial charge in [-0.2, -0.15) is 0 Å². The molecule has 2 aliphatic rings. The van der Waals surface area contributed by atoms with Crippen LogP contribution in [0.15, 0.2) is 41.2 Å². The number of fused-ring (bicyclic) bond motifs is 1. The van der Waals surface area contributed by atoms with E-state index in [0.29, 0.717) is 66.7 Å². The van der Waals surface area contributed by atoms with Crippen LogP contribution in [0.2, 0.25) is 0 Å². The Morgan fingerprint density at radius 3 is 2.50 bits per heavy atom. The van der Waals surface area contributed by atoms with E-state index in [4.69, 9.17) is 4.74 Å². The van der Waals surface area contributed by atoms with Crippen molar-refractivity contribution in [3.63, 3.8) is 0 Å². The Morgan fingerprint density at radius 2 is 1.84 bits per heavy atom. The summed E-state index contributed by atoms with van der Waals surface area (Å²) in [6.45, 7) is 8.54. The van der Waals surface area contributed by atoms with Crippen LogP contribution in [-0.4, -0.2) is 63.2 Å². The van der Waals surface area contributed by atoms with Gasteiger partial charge in [-0.3, -0.25) is 14.2 Å². The molecule has 4 N–H and O–H groups in total. The largest absolute Gasteiger partial charge is 0.496 e. The predicted octanol–water partition coefficient (Wildman–Crippen LogP) is 5.31. The maximum Gasteiger partial charge on any atom is 0.407 e. The molecular weight excluding hydrogens is 562 g/mol. The average Bonchev–Trinajstić information content (AvgIpc) is 3.58. The van der Waals surface area contributed by atoms with Gasteiger partial charge in [-0.05, 0) is 74.6 Å². The van der Waals surface area contributed by atoms with E-state index < -0.39 is 17.0 Å². The highest BCUT2D eigenvalue weighted by Crippen LogP contribution is 2.43.